The molecule has 1 aromatic heterocycles. The topological polar surface area (TPSA) is 57.8 Å². The van der Waals surface area contributed by atoms with E-state index in [2.05, 4.69) is 15.3 Å². The highest BCUT2D eigenvalue weighted by atomic mass is 35.5. The summed E-state index contributed by atoms with van der Waals surface area (Å²) >= 11 is 5.92. The highest BCUT2D eigenvalue weighted by molar-refractivity contribution is 6.31. The van der Waals surface area contributed by atoms with Crippen molar-refractivity contribution in [1.29, 1.82) is 0 Å². The van der Waals surface area contributed by atoms with Crippen LogP contribution in [0.4, 0.5) is 0 Å². The minimum absolute atomic E-state index is 0.304. The molecule has 4 nitrogen and oxygen atoms in total. The van der Waals surface area contributed by atoms with Gasteiger partial charge in [0.25, 0.3) is 0 Å². The average Bonchev–Trinajstić information content (AvgIpc) is 2.80. The van der Waals surface area contributed by atoms with E-state index in [0.717, 1.165) is 30.6 Å². The molecule has 0 aliphatic carbocycles. The van der Waals surface area contributed by atoms with Gasteiger partial charge in [0.05, 0.1) is 5.52 Å². The van der Waals surface area contributed by atoms with E-state index in [1.165, 1.54) is 0 Å². The molecule has 0 bridgehead atoms. The number of hydrogen-bond acceptors (Lipinski definition) is 3. The summed E-state index contributed by atoms with van der Waals surface area (Å²) in [7, 11) is 0. The number of nitrogens with one attached hydrogen (secondary N) is 2. The van der Waals surface area contributed by atoms with E-state index in [9.17, 15) is 4.79 Å². The zero-order valence-electron chi connectivity index (χ0n) is 9.16. The van der Waals surface area contributed by atoms with Crippen molar-refractivity contribution >= 4 is 22.5 Å². The largest absolute Gasteiger partial charge is 0.345 e. The van der Waals surface area contributed by atoms with Gasteiger partial charge in [-0.05, 0) is 31.2 Å². The zero-order chi connectivity index (χ0) is 11.8. The van der Waals surface area contributed by atoms with Crippen LogP contribution in [0.1, 0.15) is 18.0 Å². The molecule has 1 aromatic carbocycles. The molecule has 1 saturated heterocycles. The number of aromatic amines is 1. The Bertz CT molecular complexity index is 617. The third-order valence-electron chi connectivity index (χ3n) is 3.18. The maximum Gasteiger partial charge on any atom is 0.345 e. The smallest absolute Gasteiger partial charge is 0.316 e. The number of aromatic nitrogens is 2. The third-order valence-corrected chi connectivity index (χ3v) is 3.42. The number of hydrogen-bond donors (Lipinski definition) is 2. The van der Waals surface area contributed by atoms with E-state index in [1.807, 2.05) is 12.1 Å². The van der Waals surface area contributed by atoms with Gasteiger partial charge in [-0.1, -0.05) is 11.6 Å². The molecule has 0 amide bonds. The minimum Gasteiger partial charge on any atom is -0.316 e. The molecule has 0 saturated carbocycles. The molecule has 1 atom stereocenters. The summed E-state index contributed by atoms with van der Waals surface area (Å²) in [5.74, 6) is 0.356. The van der Waals surface area contributed by atoms with Crippen LogP contribution in [0.5, 0.6) is 0 Å². The Kier molecular flexibility index (Phi) is 2.61. The van der Waals surface area contributed by atoms with E-state index in [4.69, 9.17) is 11.6 Å². The van der Waals surface area contributed by atoms with Crippen LogP contribution in [-0.4, -0.2) is 23.1 Å². The number of H-pyrrole nitrogens is 1. The van der Waals surface area contributed by atoms with Crippen molar-refractivity contribution in [2.24, 2.45) is 0 Å². The highest BCUT2D eigenvalue weighted by Gasteiger charge is 2.20. The van der Waals surface area contributed by atoms with E-state index >= 15 is 0 Å². The van der Waals surface area contributed by atoms with Gasteiger partial charge >= 0.3 is 5.69 Å². The lowest BCUT2D eigenvalue weighted by molar-refractivity contribution is 0.735. The second-order valence-corrected chi connectivity index (χ2v) is 4.74. The van der Waals surface area contributed by atoms with Gasteiger partial charge in [-0.15, -0.1) is 0 Å². The number of halogens is 1. The summed E-state index contributed by atoms with van der Waals surface area (Å²) in [5.41, 5.74) is 1.34. The molecular weight excluding hydrogens is 238 g/mol. The van der Waals surface area contributed by atoms with Crippen molar-refractivity contribution in [3.63, 3.8) is 0 Å². The molecule has 2 heterocycles. The third kappa shape index (κ3) is 1.94. The van der Waals surface area contributed by atoms with Crippen LogP contribution in [0.3, 0.4) is 0 Å². The number of benzene rings is 1. The summed E-state index contributed by atoms with van der Waals surface area (Å²) in [6.07, 6.45) is 1.04. The molecule has 5 heteroatoms. The predicted octanol–water partition coefficient (Wildman–Crippen LogP) is 1.65. The summed E-state index contributed by atoms with van der Waals surface area (Å²) < 4.78 is 0. The van der Waals surface area contributed by atoms with Gasteiger partial charge < -0.3 is 10.3 Å². The molecule has 1 aliphatic rings. The summed E-state index contributed by atoms with van der Waals surface area (Å²) in [4.78, 5) is 18.4. The van der Waals surface area contributed by atoms with Crippen molar-refractivity contribution < 1.29 is 0 Å². The normalized spacial score (nSPS) is 19.9. The van der Waals surface area contributed by atoms with E-state index in [-0.39, 0.29) is 5.69 Å². The highest BCUT2D eigenvalue weighted by Crippen LogP contribution is 2.27. The van der Waals surface area contributed by atoms with Gasteiger partial charge in [-0.2, -0.15) is 4.98 Å². The van der Waals surface area contributed by atoms with Crippen molar-refractivity contribution in [1.82, 2.24) is 15.3 Å². The maximum absolute atomic E-state index is 11.5. The van der Waals surface area contributed by atoms with Crippen LogP contribution in [0.25, 0.3) is 10.9 Å². The van der Waals surface area contributed by atoms with E-state index < -0.39 is 0 Å². The molecule has 0 radical (unpaired) electrons. The second kappa shape index (κ2) is 4.13. The fraction of sp³-hybridized carbons (Fsp3) is 0.333. The molecule has 17 heavy (non-hydrogen) atoms. The van der Waals surface area contributed by atoms with Gasteiger partial charge in [0.15, 0.2) is 0 Å². The Morgan fingerprint density at radius 2 is 2.29 bits per heavy atom. The summed E-state index contributed by atoms with van der Waals surface area (Å²) in [5, 5.41) is 4.89. The Labute approximate surface area is 103 Å². The lowest BCUT2D eigenvalue weighted by Gasteiger charge is -2.11. The molecule has 88 valence electrons. The van der Waals surface area contributed by atoms with Crippen LogP contribution in [0, 0.1) is 0 Å². The molecule has 1 unspecified atom stereocenters. The van der Waals surface area contributed by atoms with Gasteiger partial charge in [0.2, 0.25) is 0 Å². The fourth-order valence-corrected chi connectivity index (χ4v) is 2.53. The predicted molar refractivity (Wildman–Crippen MR) is 67.6 cm³/mol. The van der Waals surface area contributed by atoms with Crippen LogP contribution >= 0.6 is 11.6 Å². The molecule has 1 aliphatic heterocycles. The maximum atomic E-state index is 11.5. The number of fused-ring (bicyclic) bond motifs is 1. The number of nitrogens with zero attached hydrogens (tertiary/aromatic N) is 1. The van der Waals surface area contributed by atoms with Crippen LogP contribution in [-0.2, 0) is 0 Å². The minimum atomic E-state index is -0.304. The van der Waals surface area contributed by atoms with Crippen molar-refractivity contribution in [3.8, 4) is 0 Å². The second-order valence-electron chi connectivity index (χ2n) is 4.31. The van der Waals surface area contributed by atoms with Gasteiger partial charge in [-0.3, -0.25) is 0 Å². The number of rotatable bonds is 1. The van der Waals surface area contributed by atoms with Gasteiger partial charge in [-0.25, -0.2) is 4.79 Å². The molecule has 1 fully saturated rings. The monoisotopic (exact) mass is 249 g/mol. The molecular formula is C12H12ClN3O. The molecule has 0 spiro atoms. The van der Waals surface area contributed by atoms with E-state index in [0.29, 0.717) is 16.5 Å². The van der Waals surface area contributed by atoms with Gasteiger partial charge in [0.1, 0.15) is 0 Å². The first-order valence-electron chi connectivity index (χ1n) is 5.64. The van der Waals surface area contributed by atoms with Crippen molar-refractivity contribution in [2.45, 2.75) is 12.3 Å². The quantitative estimate of drug-likeness (QED) is 0.808. The Morgan fingerprint density at radius 3 is 3.06 bits per heavy atom. The SMILES string of the molecule is O=c1nc2cc(Cl)ccc2c(C2CCNC2)[nH]1. The first-order valence-corrected chi connectivity index (χ1v) is 6.02. The summed E-state index contributed by atoms with van der Waals surface area (Å²) in [6.45, 7) is 1.89. The van der Waals surface area contributed by atoms with Crippen molar-refractivity contribution in [2.75, 3.05) is 13.1 Å². The van der Waals surface area contributed by atoms with Gasteiger partial charge in [0, 0.05) is 28.6 Å². The van der Waals surface area contributed by atoms with Crippen LogP contribution in [0.2, 0.25) is 5.02 Å². The lowest BCUT2D eigenvalue weighted by atomic mass is 10.0. The average molecular weight is 250 g/mol. The fourth-order valence-electron chi connectivity index (χ4n) is 2.37. The zero-order valence-corrected chi connectivity index (χ0v) is 9.92. The van der Waals surface area contributed by atoms with Crippen LogP contribution < -0.4 is 11.0 Å². The Balaban J connectivity index is 2.25. The van der Waals surface area contributed by atoms with Crippen molar-refractivity contribution in [3.05, 3.63) is 39.4 Å². The van der Waals surface area contributed by atoms with E-state index in [1.54, 1.807) is 6.07 Å². The molecule has 2 N–H and O–H groups in total. The summed E-state index contributed by atoms with van der Waals surface area (Å²) in [6, 6.07) is 5.49. The Morgan fingerprint density at radius 1 is 1.41 bits per heavy atom. The first kappa shape index (κ1) is 10.7. The standard InChI is InChI=1S/C12H12ClN3O/c13-8-1-2-9-10(5-8)15-12(17)16-11(9)7-3-4-14-6-7/h1-2,5,7,14H,3-4,6H2,(H,15,16,17). The lowest BCUT2D eigenvalue weighted by Crippen LogP contribution is -2.17. The molecule has 3 rings (SSSR count). The first-order chi connectivity index (χ1) is 8.24. The Hall–Kier alpha value is -1.39. The molecule has 2 aromatic rings. The van der Waals surface area contributed by atoms with Crippen LogP contribution in [0.15, 0.2) is 23.0 Å².